The van der Waals surface area contributed by atoms with E-state index in [0.29, 0.717) is 29.7 Å². The molecular formula is C15H21ClN2O2. The number of carbonyl (C=O) groups is 1. The first-order valence-corrected chi connectivity index (χ1v) is 7.32. The summed E-state index contributed by atoms with van der Waals surface area (Å²) in [6.07, 6.45) is 3.74. The Balaban J connectivity index is 1.82. The van der Waals surface area contributed by atoms with Crippen LogP contribution < -0.4 is 15.8 Å². The fourth-order valence-corrected chi connectivity index (χ4v) is 2.93. The monoisotopic (exact) mass is 296 g/mol. The van der Waals surface area contributed by atoms with Crippen molar-refractivity contribution in [3.05, 3.63) is 28.8 Å². The highest BCUT2D eigenvalue weighted by molar-refractivity contribution is 6.32. The van der Waals surface area contributed by atoms with Crippen molar-refractivity contribution in [2.24, 2.45) is 11.7 Å². The van der Waals surface area contributed by atoms with E-state index in [4.69, 9.17) is 22.1 Å². The van der Waals surface area contributed by atoms with Gasteiger partial charge in [0.25, 0.3) is 0 Å². The number of ether oxygens (including phenoxy) is 1. The lowest BCUT2D eigenvalue weighted by Crippen LogP contribution is -2.31. The number of benzene rings is 1. The number of nitrogens with two attached hydrogens (primary N) is 1. The summed E-state index contributed by atoms with van der Waals surface area (Å²) in [4.78, 5) is 11.9. The van der Waals surface area contributed by atoms with Crippen molar-refractivity contribution in [1.82, 2.24) is 5.32 Å². The van der Waals surface area contributed by atoms with Crippen molar-refractivity contribution in [3.63, 3.8) is 0 Å². The van der Waals surface area contributed by atoms with Crippen molar-refractivity contribution >= 4 is 17.5 Å². The molecule has 0 saturated heterocycles. The molecule has 20 heavy (non-hydrogen) atoms. The van der Waals surface area contributed by atoms with E-state index in [-0.39, 0.29) is 11.9 Å². The number of carbonyl (C=O) groups excluding carboxylic acids is 1. The van der Waals surface area contributed by atoms with E-state index in [2.05, 4.69) is 5.32 Å². The Morgan fingerprint density at radius 1 is 1.50 bits per heavy atom. The second-order valence-corrected chi connectivity index (χ2v) is 5.71. The number of methoxy groups -OCH3 is 1. The van der Waals surface area contributed by atoms with E-state index in [9.17, 15) is 4.79 Å². The quantitative estimate of drug-likeness (QED) is 0.877. The summed E-state index contributed by atoms with van der Waals surface area (Å²) in [6, 6.07) is 5.68. The summed E-state index contributed by atoms with van der Waals surface area (Å²) in [6.45, 7) is 0.477. The van der Waals surface area contributed by atoms with Crippen molar-refractivity contribution in [3.8, 4) is 5.75 Å². The lowest BCUT2D eigenvalue weighted by atomic mass is 10.00. The van der Waals surface area contributed by atoms with Gasteiger partial charge in [0.05, 0.1) is 12.1 Å². The maximum absolute atomic E-state index is 11.9. The molecule has 0 aliphatic heterocycles. The van der Waals surface area contributed by atoms with Crippen LogP contribution in [0.25, 0.3) is 0 Å². The third-order valence-electron chi connectivity index (χ3n) is 3.87. The SMILES string of the molecule is COc1ccc(CNC(=O)C[C@@H]2CCC[C@H]2N)cc1Cl. The van der Waals surface area contributed by atoms with E-state index in [1.54, 1.807) is 13.2 Å². The number of rotatable bonds is 5. The molecule has 0 unspecified atom stereocenters. The zero-order valence-corrected chi connectivity index (χ0v) is 12.5. The Labute approximate surface area is 124 Å². The minimum atomic E-state index is 0.0549. The molecule has 0 radical (unpaired) electrons. The molecule has 1 aliphatic rings. The van der Waals surface area contributed by atoms with E-state index in [1.807, 2.05) is 12.1 Å². The Kier molecular flexibility index (Phi) is 5.26. The van der Waals surface area contributed by atoms with Crippen LogP contribution in [0, 0.1) is 5.92 Å². The fourth-order valence-electron chi connectivity index (χ4n) is 2.65. The molecule has 1 fully saturated rings. The third-order valence-corrected chi connectivity index (χ3v) is 4.17. The molecule has 1 amide bonds. The van der Waals surface area contributed by atoms with E-state index >= 15 is 0 Å². The summed E-state index contributed by atoms with van der Waals surface area (Å²) in [5.41, 5.74) is 6.93. The highest BCUT2D eigenvalue weighted by atomic mass is 35.5. The van der Waals surface area contributed by atoms with Crippen molar-refractivity contribution in [1.29, 1.82) is 0 Å². The largest absolute Gasteiger partial charge is 0.495 e. The van der Waals surface area contributed by atoms with Gasteiger partial charge in [-0.1, -0.05) is 24.1 Å². The lowest BCUT2D eigenvalue weighted by molar-refractivity contribution is -0.122. The second kappa shape index (κ2) is 6.95. The smallest absolute Gasteiger partial charge is 0.220 e. The van der Waals surface area contributed by atoms with E-state index in [0.717, 1.165) is 24.8 Å². The van der Waals surface area contributed by atoms with Gasteiger partial charge in [-0.15, -0.1) is 0 Å². The first-order valence-electron chi connectivity index (χ1n) is 6.95. The molecule has 0 bridgehead atoms. The highest BCUT2D eigenvalue weighted by Crippen LogP contribution is 2.27. The molecule has 0 heterocycles. The van der Waals surface area contributed by atoms with Crippen LogP contribution in [0.2, 0.25) is 5.02 Å². The van der Waals surface area contributed by atoms with Crippen LogP contribution >= 0.6 is 11.6 Å². The Hall–Kier alpha value is -1.26. The molecule has 1 aromatic carbocycles. The van der Waals surface area contributed by atoms with E-state index in [1.165, 1.54) is 0 Å². The number of amides is 1. The van der Waals surface area contributed by atoms with Gasteiger partial charge in [-0.3, -0.25) is 4.79 Å². The number of hydrogen-bond acceptors (Lipinski definition) is 3. The summed E-state index contributed by atoms with van der Waals surface area (Å²) < 4.78 is 5.09. The lowest BCUT2D eigenvalue weighted by Gasteiger charge is -2.15. The van der Waals surface area contributed by atoms with Crippen LogP contribution in [0.4, 0.5) is 0 Å². The van der Waals surface area contributed by atoms with Crippen molar-refractivity contribution in [2.45, 2.75) is 38.3 Å². The molecule has 1 aromatic rings. The zero-order chi connectivity index (χ0) is 14.5. The molecular weight excluding hydrogens is 276 g/mol. The Bertz CT molecular complexity index is 479. The first-order chi connectivity index (χ1) is 9.60. The Morgan fingerprint density at radius 2 is 2.30 bits per heavy atom. The minimum absolute atomic E-state index is 0.0549. The van der Waals surface area contributed by atoms with Gasteiger partial charge < -0.3 is 15.8 Å². The molecule has 5 heteroatoms. The van der Waals surface area contributed by atoms with Gasteiger partial charge in [-0.05, 0) is 36.5 Å². The molecule has 2 atom stereocenters. The van der Waals surface area contributed by atoms with Crippen molar-refractivity contribution in [2.75, 3.05) is 7.11 Å². The average Bonchev–Trinajstić information content (AvgIpc) is 2.82. The summed E-state index contributed by atoms with van der Waals surface area (Å²) in [5.74, 6) is 1.02. The molecule has 0 spiro atoms. The van der Waals surface area contributed by atoms with Gasteiger partial charge in [-0.2, -0.15) is 0 Å². The van der Waals surface area contributed by atoms with Gasteiger partial charge >= 0.3 is 0 Å². The molecule has 1 aliphatic carbocycles. The number of hydrogen-bond donors (Lipinski definition) is 2. The maximum Gasteiger partial charge on any atom is 0.220 e. The second-order valence-electron chi connectivity index (χ2n) is 5.30. The predicted octanol–water partition coefficient (Wildman–Crippen LogP) is 2.48. The van der Waals surface area contributed by atoms with Crippen LogP contribution in [0.3, 0.4) is 0 Å². The molecule has 1 saturated carbocycles. The molecule has 2 rings (SSSR count). The predicted molar refractivity (Wildman–Crippen MR) is 79.8 cm³/mol. The number of halogens is 1. The summed E-state index contributed by atoms with van der Waals surface area (Å²) in [5, 5.41) is 3.47. The molecule has 0 aromatic heterocycles. The summed E-state index contributed by atoms with van der Waals surface area (Å²) in [7, 11) is 1.58. The number of nitrogens with one attached hydrogen (secondary N) is 1. The molecule has 110 valence electrons. The first kappa shape index (κ1) is 15.1. The van der Waals surface area contributed by atoms with Gasteiger partial charge in [0.1, 0.15) is 5.75 Å². The van der Waals surface area contributed by atoms with Crippen LogP contribution in [-0.2, 0) is 11.3 Å². The van der Waals surface area contributed by atoms with Gasteiger partial charge in [-0.25, -0.2) is 0 Å². The van der Waals surface area contributed by atoms with E-state index < -0.39 is 0 Å². The summed E-state index contributed by atoms with van der Waals surface area (Å²) >= 11 is 6.05. The van der Waals surface area contributed by atoms with Gasteiger partial charge in [0, 0.05) is 19.0 Å². The zero-order valence-electron chi connectivity index (χ0n) is 11.7. The highest BCUT2D eigenvalue weighted by Gasteiger charge is 2.25. The topological polar surface area (TPSA) is 64.3 Å². The standard InChI is InChI=1S/C15H21ClN2O2/c1-20-14-6-5-10(7-12(14)16)9-18-15(19)8-11-3-2-4-13(11)17/h5-7,11,13H,2-4,8-9,17H2,1H3,(H,18,19)/t11-,13+/m0/s1. The van der Waals surface area contributed by atoms with Crippen LogP contribution in [0.15, 0.2) is 18.2 Å². The van der Waals surface area contributed by atoms with Crippen molar-refractivity contribution < 1.29 is 9.53 Å². The van der Waals surface area contributed by atoms with Gasteiger partial charge in [0.15, 0.2) is 0 Å². The Morgan fingerprint density at radius 3 is 2.90 bits per heavy atom. The maximum atomic E-state index is 11.9. The normalized spacial score (nSPS) is 21.8. The van der Waals surface area contributed by atoms with Gasteiger partial charge in [0.2, 0.25) is 5.91 Å². The molecule has 4 nitrogen and oxygen atoms in total. The van der Waals surface area contributed by atoms with Crippen LogP contribution in [0.5, 0.6) is 5.75 Å². The van der Waals surface area contributed by atoms with Crippen LogP contribution in [0.1, 0.15) is 31.2 Å². The minimum Gasteiger partial charge on any atom is -0.495 e. The average molecular weight is 297 g/mol. The fraction of sp³-hybridized carbons (Fsp3) is 0.533. The molecule has 3 N–H and O–H groups in total. The van der Waals surface area contributed by atoms with Crippen LogP contribution in [-0.4, -0.2) is 19.1 Å². The third kappa shape index (κ3) is 3.87.